The largest absolute Gasteiger partial charge is 0.495 e. The van der Waals surface area contributed by atoms with Crippen molar-refractivity contribution in [2.24, 2.45) is 0 Å². The Morgan fingerprint density at radius 2 is 1.50 bits per heavy atom. The van der Waals surface area contributed by atoms with Crippen LogP contribution in [0.5, 0.6) is 0 Å². The van der Waals surface area contributed by atoms with E-state index < -0.39 is 28.3 Å². The molecule has 0 unspecified atom stereocenters. The summed E-state index contributed by atoms with van der Waals surface area (Å²) in [6.45, 7) is 9.93. The number of hydrogen-bond acceptors (Lipinski definition) is 4. The summed E-state index contributed by atoms with van der Waals surface area (Å²) >= 11 is 0. The molecule has 0 bridgehead atoms. The predicted molar refractivity (Wildman–Crippen MR) is 111 cm³/mol. The molecule has 0 amide bonds. The average molecular weight is 397 g/mol. The first kappa shape index (κ1) is 19.2. The molecule has 1 aliphatic heterocycles. The minimum absolute atomic E-state index is 0.261. The van der Waals surface area contributed by atoms with E-state index in [4.69, 9.17) is 9.31 Å². The van der Waals surface area contributed by atoms with Gasteiger partial charge < -0.3 is 9.31 Å². The monoisotopic (exact) mass is 397 g/mol. The Kier molecular flexibility index (Phi) is 4.27. The third kappa shape index (κ3) is 2.89. The summed E-state index contributed by atoms with van der Waals surface area (Å²) in [6.07, 6.45) is 1.59. The summed E-state index contributed by atoms with van der Waals surface area (Å²) < 4.78 is 40.0. The Labute approximate surface area is 166 Å². The van der Waals surface area contributed by atoms with Crippen LogP contribution in [0.2, 0.25) is 0 Å². The van der Waals surface area contributed by atoms with Crippen molar-refractivity contribution in [2.75, 3.05) is 0 Å². The fourth-order valence-electron chi connectivity index (χ4n) is 3.38. The van der Waals surface area contributed by atoms with E-state index in [0.29, 0.717) is 5.52 Å². The van der Waals surface area contributed by atoms with Gasteiger partial charge in [0, 0.05) is 11.6 Å². The van der Waals surface area contributed by atoms with Crippen molar-refractivity contribution in [1.29, 1.82) is 0 Å². The van der Waals surface area contributed by atoms with Crippen LogP contribution in [-0.2, 0) is 19.3 Å². The van der Waals surface area contributed by atoms with Gasteiger partial charge in [-0.3, -0.25) is 0 Å². The normalized spacial score (nSPS) is 18.7. The van der Waals surface area contributed by atoms with Gasteiger partial charge in [-0.05, 0) is 64.3 Å². The second-order valence-corrected chi connectivity index (χ2v) is 10.1. The number of hydrogen-bond donors (Lipinski definition) is 0. The first-order valence-electron chi connectivity index (χ1n) is 9.31. The predicted octanol–water partition coefficient (Wildman–Crippen LogP) is 3.49. The van der Waals surface area contributed by atoms with Crippen molar-refractivity contribution < 1.29 is 17.7 Å². The summed E-state index contributed by atoms with van der Waals surface area (Å²) in [6, 6.07) is 14.2. The maximum Gasteiger partial charge on any atom is 0.495 e. The molecule has 0 atom stereocenters. The van der Waals surface area contributed by atoms with Crippen molar-refractivity contribution in [3.05, 3.63) is 60.3 Å². The fourth-order valence-corrected chi connectivity index (χ4v) is 4.72. The summed E-state index contributed by atoms with van der Waals surface area (Å²) in [7, 11) is -4.24. The summed E-state index contributed by atoms with van der Waals surface area (Å²) in [4.78, 5) is 0.261. The van der Waals surface area contributed by atoms with Gasteiger partial charge in [-0.15, -0.1) is 0 Å². The SMILES string of the molecule is Cc1ccc(S(=O)(=O)n2ccc3c(B4OC(C)(C)C(C)(C)O4)cccc32)cc1. The van der Waals surface area contributed by atoms with Crippen LogP contribution in [-0.4, -0.2) is 30.7 Å². The Morgan fingerprint density at radius 3 is 2.11 bits per heavy atom. The van der Waals surface area contributed by atoms with E-state index in [1.807, 2.05) is 46.8 Å². The van der Waals surface area contributed by atoms with Gasteiger partial charge in [0.05, 0.1) is 21.6 Å². The van der Waals surface area contributed by atoms with Crippen LogP contribution in [0.25, 0.3) is 10.9 Å². The highest BCUT2D eigenvalue weighted by Crippen LogP contribution is 2.37. The van der Waals surface area contributed by atoms with E-state index in [0.717, 1.165) is 16.4 Å². The molecule has 7 heteroatoms. The number of rotatable bonds is 3. The molecule has 1 fully saturated rings. The average Bonchev–Trinajstić information content (AvgIpc) is 3.14. The zero-order chi connectivity index (χ0) is 20.3. The Hall–Kier alpha value is -2.09. The molecule has 1 aliphatic rings. The molecule has 5 nitrogen and oxygen atoms in total. The molecule has 28 heavy (non-hydrogen) atoms. The smallest absolute Gasteiger partial charge is 0.399 e. The van der Waals surface area contributed by atoms with Crippen LogP contribution in [0.3, 0.4) is 0 Å². The molecule has 1 aromatic heterocycles. The maximum absolute atomic E-state index is 13.2. The maximum atomic E-state index is 13.2. The topological polar surface area (TPSA) is 57.5 Å². The molecule has 0 saturated carbocycles. The Bertz CT molecular complexity index is 1130. The van der Waals surface area contributed by atoms with Crippen molar-refractivity contribution in [3.8, 4) is 0 Å². The van der Waals surface area contributed by atoms with Gasteiger partial charge in [-0.2, -0.15) is 0 Å². The van der Waals surface area contributed by atoms with Gasteiger partial charge in [-0.25, -0.2) is 12.4 Å². The Balaban J connectivity index is 1.81. The number of fused-ring (bicyclic) bond motifs is 1. The highest BCUT2D eigenvalue weighted by molar-refractivity contribution is 7.90. The molecule has 1 saturated heterocycles. The standard InChI is InChI=1S/C21H24BNO4S/c1-15-9-11-16(12-10-15)28(24,25)23-14-13-17-18(7-6-8-19(17)23)22-26-20(2,3)21(4,5)27-22/h6-14H,1-5H3. The lowest BCUT2D eigenvalue weighted by molar-refractivity contribution is 0.00578. The molecule has 0 radical (unpaired) electrons. The van der Waals surface area contributed by atoms with Crippen LogP contribution in [0.15, 0.2) is 59.6 Å². The fraction of sp³-hybridized carbons (Fsp3) is 0.333. The lowest BCUT2D eigenvalue weighted by Crippen LogP contribution is -2.41. The van der Waals surface area contributed by atoms with Crippen molar-refractivity contribution >= 4 is 33.5 Å². The van der Waals surface area contributed by atoms with Gasteiger partial charge in [0.25, 0.3) is 10.0 Å². The van der Waals surface area contributed by atoms with E-state index in [9.17, 15) is 8.42 Å². The molecule has 0 spiro atoms. The van der Waals surface area contributed by atoms with E-state index in [-0.39, 0.29) is 4.90 Å². The van der Waals surface area contributed by atoms with Crippen molar-refractivity contribution in [2.45, 2.75) is 50.7 Å². The second-order valence-electron chi connectivity index (χ2n) is 8.30. The van der Waals surface area contributed by atoms with Gasteiger partial charge in [0.2, 0.25) is 0 Å². The Morgan fingerprint density at radius 1 is 0.893 bits per heavy atom. The van der Waals surface area contributed by atoms with E-state index >= 15 is 0 Å². The van der Waals surface area contributed by atoms with Crippen LogP contribution in [0, 0.1) is 6.92 Å². The molecule has 4 rings (SSSR count). The lowest BCUT2D eigenvalue weighted by Gasteiger charge is -2.32. The third-order valence-corrected chi connectivity index (χ3v) is 7.52. The molecule has 2 heterocycles. The van der Waals surface area contributed by atoms with E-state index in [1.54, 1.807) is 42.6 Å². The summed E-state index contributed by atoms with van der Waals surface area (Å²) in [5.41, 5.74) is 1.52. The van der Waals surface area contributed by atoms with Gasteiger partial charge >= 0.3 is 7.12 Å². The minimum Gasteiger partial charge on any atom is -0.399 e. The molecule has 146 valence electrons. The first-order valence-corrected chi connectivity index (χ1v) is 10.7. The van der Waals surface area contributed by atoms with Crippen molar-refractivity contribution in [3.63, 3.8) is 0 Å². The van der Waals surface area contributed by atoms with Crippen LogP contribution in [0.4, 0.5) is 0 Å². The third-order valence-electron chi connectivity index (χ3n) is 5.82. The zero-order valence-corrected chi connectivity index (χ0v) is 17.6. The molecular formula is C21H24BNO4S. The summed E-state index contributed by atoms with van der Waals surface area (Å²) in [5.74, 6) is 0. The number of aromatic nitrogens is 1. The van der Waals surface area contributed by atoms with E-state index in [1.165, 1.54) is 3.97 Å². The van der Waals surface area contributed by atoms with Crippen molar-refractivity contribution in [1.82, 2.24) is 3.97 Å². The highest BCUT2D eigenvalue weighted by Gasteiger charge is 2.52. The minimum atomic E-state index is -3.69. The second kappa shape index (κ2) is 6.21. The first-order chi connectivity index (χ1) is 13.0. The van der Waals surface area contributed by atoms with Crippen LogP contribution < -0.4 is 5.46 Å². The lowest BCUT2D eigenvalue weighted by atomic mass is 9.77. The zero-order valence-electron chi connectivity index (χ0n) is 16.8. The number of aryl methyl sites for hydroxylation is 1. The molecule has 0 aliphatic carbocycles. The quantitative estimate of drug-likeness (QED) is 0.635. The molecule has 3 aromatic rings. The van der Waals surface area contributed by atoms with Gasteiger partial charge in [0.15, 0.2) is 0 Å². The summed E-state index contributed by atoms with van der Waals surface area (Å²) in [5, 5.41) is 0.802. The number of nitrogens with zero attached hydrogens (tertiary/aromatic N) is 1. The molecule has 0 N–H and O–H groups in total. The molecule has 2 aromatic carbocycles. The highest BCUT2D eigenvalue weighted by atomic mass is 32.2. The van der Waals surface area contributed by atoms with Crippen LogP contribution in [0.1, 0.15) is 33.3 Å². The van der Waals surface area contributed by atoms with Crippen LogP contribution >= 0.6 is 0 Å². The van der Waals surface area contributed by atoms with Gasteiger partial charge in [0.1, 0.15) is 0 Å². The van der Waals surface area contributed by atoms with Gasteiger partial charge in [-0.1, -0.05) is 29.8 Å². The number of benzene rings is 2. The molecular weight excluding hydrogens is 373 g/mol. The van der Waals surface area contributed by atoms with E-state index in [2.05, 4.69) is 0 Å².